The van der Waals surface area contributed by atoms with Gasteiger partial charge in [0.15, 0.2) is 0 Å². The highest BCUT2D eigenvalue weighted by molar-refractivity contribution is 9.10. The van der Waals surface area contributed by atoms with Gasteiger partial charge in [0.05, 0.1) is 6.10 Å². The Balaban J connectivity index is 2.21. The highest BCUT2D eigenvalue weighted by atomic mass is 79.9. The maximum Gasteiger partial charge on any atom is 0.0772 e. The molecule has 0 aliphatic carbocycles. The van der Waals surface area contributed by atoms with Gasteiger partial charge in [0, 0.05) is 33.7 Å². The van der Waals surface area contributed by atoms with Gasteiger partial charge in [0.2, 0.25) is 0 Å². The van der Waals surface area contributed by atoms with Crippen LogP contribution in [0.2, 0.25) is 0 Å². The first kappa shape index (κ1) is 14.2. The van der Waals surface area contributed by atoms with Gasteiger partial charge < -0.3 is 10.0 Å². The molecule has 1 saturated heterocycles. The Morgan fingerprint density at radius 3 is 2.44 bits per heavy atom. The molecule has 2 rings (SSSR count). The van der Waals surface area contributed by atoms with E-state index in [2.05, 4.69) is 58.6 Å². The van der Waals surface area contributed by atoms with Crippen LogP contribution in [0.5, 0.6) is 0 Å². The number of benzene rings is 1. The van der Waals surface area contributed by atoms with Crippen LogP contribution in [0.1, 0.15) is 32.4 Å². The molecule has 2 nitrogen and oxygen atoms in total. The fraction of sp³-hybridized carbons (Fsp3) is 0.571. The summed E-state index contributed by atoms with van der Waals surface area (Å²) in [4.78, 5) is 2.43. The summed E-state index contributed by atoms with van der Waals surface area (Å²) in [5.74, 6) is 0. The van der Waals surface area contributed by atoms with Gasteiger partial charge in [0.25, 0.3) is 0 Å². The zero-order valence-corrected chi connectivity index (χ0v) is 13.5. The van der Waals surface area contributed by atoms with E-state index in [1.807, 2.05) is 6.07 Å². The normalized spacial score (nSPS) is 26.2. The van der Waals surface area contributed by atoms with Crippen molar-refractivity contribution in [3.8, 4) is 0 Å². The number of aliphatic hydroxyl groups excluding tert-OH is 1. The van der Waals surface area contributed by atoms with Crippen molar-refractivity contribution in [2.75, 3.05) is 18.0 Å². The van der Waals surface area contributed by atoms with Gasteiger partial charge in [-0.15, -0.1) is 0 Å². The average Bonchev–Trinajstić information content (AvgIpc) is 2.26. The van der Waals surface area contributed by atoms with Crippen molar-refractivity contribution in [2.45, 2.75) is 37.4 Å². The van der Waals surface area contributed by atoms with Gasteiger partial charge in [-0.3, -0.25) is 0 Å². The molecule has 0 saturated carbocycles. The molecule has 1 aromatic rings. The number of anilines is 1. The highest BCUT2D eigenvalue weighted by Crippen LogP contribution is 2.32. The van der Waals surface area contributed by atoms with Crippen molar-refractivity contribution in [3.63, 3.8) is 0 Å². The van der Waals surface area contributed by atoms with Crippen molar-refractivity contribution in [1.82, 2.24) is 0 Å². The van der Waals surface area contributed by atoms with Crippen molar-refractivity contribution >= 4 is 33.4 Å². The number of halogens is 1. The Hall–Kier alpha value is -0.190. The largest absolute Gasteiger partial charge is 0.389 e. The van der Waals surface area contributed by atoms with Crippen molar-refractivity contribution in [2.24, 2.45) is 0 Å². The van der Waals surface area contributed by atoms with E-state index in [0.717, 1.165) is 23.1 Å². The smallest absolute Gasteiger partial charge is 0.0772 e. The second kappa shape index (κ2) is 5.85. The van der Waals surface area contributed by atoms with E-state index in [-0.39, 0.29) is 0 Å². The van der Waals surface area contributed by atoms with Crippen LogP contribution < -0.4 is 4.90 Å². The molecule has 0 radical (unpaired) electrons. The average molecular weight is 330 g/mol. The standard InChI is InChI=1S/C14H20BrNOS/c1-9-7-16(8-10(2)18-9)12-4-5-13(11(3)17)14(15)6-12/h4-6,9-11,17H,7-8H2,1-3H3/t9?,10?,11-/m1/s1. The lowest BCUT2D eigenvalue weighted by Gasteiger charge is -2.36. The van der Waals surface area contributed by atoms with E-state index in [1.54, 1.807) is 6.92 Å². The van der Waals surface area contributed by atoms with Gasteiger partial charge in [-0.1, -0.05) is 35.8 Å². The maximum absolute atomic E-state index is 9.64. The summed E-state index contributed by atoms with van der Waals surface area (Å²) < 4.78 is 0.994. The molecule has 0 bridgehead atoms. The number of hydrogen-bond acceptors (Lipinski definition) is 3. The Kier molecular flexibility index (Phi) is 4.62. The molecule has 2 unspecified atom stereocenters. The van der Waals surface area contributed by atoms with Crippen LogP contribution in [0.4, 0.5) is 5.69 Å². The molecular weight excluding hydrogens is 310 g/mol. The quantitative estimate of drug-likeness (QED) is 0.891. The summed E-state index contributed by atoms with van der Waals surface area (Å²) in [6.45, 7) is 8.55. The Labute approximate surface area is 122 Å². The maximum atomic E-state index is 9.64. The van der Waals surface area contributed by atoms with E-state index in [4.69, 9.17) is 0 Å². The van der Waals surface area contributed by atoms with Crippen molar-refractivity contribution in [3.05, 3.63) is 28.2 Å². The summed E-state index contributed by atoms with van der Waals surface area (Å²) >= 11 is 5.61. The van der Waals surface area contributed by atoms with Gasteiger partial charge in [0.1, 0.15) is 0 Å². The summed E-state index contributed by atoms with van der Waals surface area (Å²) in [5, 5.41) is 11.0. The van der Waals surface area contributed by atoms with E-state index in [9.17, 15) is 5.11 Å². The highest BCUT2D eigenvalue weighted by Gasteiger charge is 2.22. The molecule has 18 heavy (non-hydrogen) atoms. The number of nitrogens with zero attached hydrogens (tertiary/aromatic N) is 1. The first-order valence-corrected chi connectivity index (χ1v) is 8.09. The van der Waals surface area contributed by atoms with Crippen LogP contribution in [0.15, 0.2) is 22.7 Å². The summed E-state index contributed by atoms with van der Waals surface area (Å²) in [6.07, 6.45) is -0.428. The molecule has 1 heterocycles. The molecule has 100 valence electrons. The third kappa shape index (κ3) is 3.22. The van der Waals surface area contributed by atoms with Crippen LogP contribution in [0.25, 0.3) is 0 Å². The van der Waals surface area contributed by atoms with E-state index >= 15 is 0 Å². The predicted molar refractivity (Wildman–Crippen MR) is 83.5 cm³/mol. The van der Waals surface area contributed by atoms with Crippen LogP contribution in [-0.4, -0.2) is 28.7 Å². The van der Waals surface area contributed by atoms with E-state index in [1.165, 1.54) is 5.69 Å². The van der Waals surface area contributed by atoms with Gasteiger partial charge >= 0.3 is 0 Å². The fourth-order valence-electron chi connectivity index (χ4n) is 2.44. The minimum atomic E-state index is -0.428. The number of aliphatic hydroxyl groups is 1. The van der Waals surface area contributed by atoms with Crippen molar-refractivity contribution < 1.29 is 5.11 Å². The Bertz CT molecular complexity index is 414. The molecular formula is C14H20BrNOS. The Morgan fingerprint density at radius 2 is 1.94 bits per heavy atom. The molecule has 1 aliphatic rings. The first-order valence-electron chi connectivity index (χ1n) is 6.35. The lowest BCUT2D eigenvalue weighted by molar-refractivity contribution is 0.198. The lowest BCUT2D eigenvalue weighted by Crippen LogP contribution is -2.40. The molecule has 4 heteroatoms. The van der Waals surface area contributed by atoms with E-state index < -0.39 is 6.10 Å². The molecule has 1 aliphatic heterocycles. The second-order valence-corrected chi connectivity index (χ2v) is 7.78. The lowest BCUT2D eigenvalue weighted by atomic mass is 10.1. The van der Waals surface area contributed by atoms with Crippen LogP contribution >= 0.6 is 27.7 Å². The Morgan fingerprint density at radius 1 is 1.33 bits per heavy atom. The fourth-order valence-corrected chi connectivity index (χ4v) is 4.46. The van der Waals surface area contributed by atoms with Crippen LogP contribution in [0.3, 0.4) is 0 Å². The summed E-state index contributed by atoms with van der Waals surface area (Å²) in [7, 11) is 0. The number of thioether (sulfide) groups is 1. The molecule has 1 fully saturated rings. The molecule has 0 spiro atoms. The minimum absolute atomic E-state index is 0.428. The predicted octanol–water partition coefficient (Wildman–Crippen LogP) is 3.83. The third-order valence-electron chi connectivity index (χ3n) is 3.22. The van der Waals surface area contributed by atoms with Gasteiger partial charge in [-0.25, -0.2) is 0 Å². The monoisotopic (exact) mass is 329 g/mol. The minimum Gasteiger partial charge on any atom is -0.389 e. The topological polar surface area (TPSA) is 23.5 Å². The van der Waals surface area contributed by atoms with Crippen LogP contribution in [0, 0.1) is 0 Å². The van der Waals surface area contributed by atoms with Gasteiger partial charge in [-0.2, -0.15) is 11.8 Å². The summed E-state index contributed by atoms with van der Waals surface area (Å²) in [5.41, 5.74) is 2.19. The summed E-state index contributed by atoms with van der Waals surface area (Å²) in [6, 6.07) is 6.25. The van der Waals surface area contributed by atoms with Crippen LogP contribution in [-0.2, 0) is 0 Å². The molecule has 0 aromatic heterocycles. The third-order valence-corrected chi connectivity index (χ3v) is 5.13. The SMILES string of the molecule is CC1CN(c2ccc([C@@H](C)O)c(Br)c2)CC(C)S1. The molecule has 1 aromatic carbocycles. The zero-order chi connectivity index (χ0) is 13.3. The number of rotatable bonds is 2. The molecule has 3 atom stereocenters. The second-order valence-electron chi connectivity index (χ2n) is 5.04. The van der Waals surface area contributed by atoms with E-state index in [0.29, 0.717) is 10.5 Å². The molecule has 0 amide bonds. The van der Waals surface area contributed by atoms with Crippen molar-refractivity contribution in [1.29, 1.82) is 0 Å². The molecule has 1 N–H and O–H groups in total. The first-order chi connectivity index (χ1) is 8.47. The van der Waals surface area contributed by atoms with Gasteiger partial charge in [-0.05, 0) is 24.6 Å². The zero-order valence-electron chi connectivity index (χ0n) is 11.1. The number of hydrogen-bond donors (Lipinski definition) is 1.